The molecule has 0 fully saturated rings. The molecule has 0 unspecified atom stereocenters. The molecule has 0 radical (unpaired) electrons. The predicted octanol–water partition coefficient (Wildman–Crippen LogP) is 4.62. The van der Waals surface area contributed by atoms with Crippen molar-refractivity contribution in [2.45, 2.75) is 26.8 Å². The SMILES string of the molecule is COc1c(C)cc(N[C@@H](C)c2ccc(F)cc2)cc1C. The van der Waals surface area contributed by atoms with Gasteiger partial charge in [-0.25, -0.2) is 4.39 Å². The highest BCUT2D eigenvalue weighted by atomic mass is 19.1. The van der Waals surface area contributed by atoms with Crippen LogP contribution in [0.1, 0.15) is 29.7 Å². The third-order valence-corrected chi connectivity index (χ3v) is 3.42. The zero-order valence-corrected chi connectivity index (χ0v) is 12.3. The van der Waals surface area contributed by atoms with Crippen LogP contribution in [0.5, 0.6) is 5.75 Å². The van der Waals surface area contributed by atoms with E-state index < -0.39 is 0 Å². The van der Waals surface area contributed by atoms with Crippen molar-refractivity contribution in [3.8, 4) is 5.75 Å². The topological polar surface area (TPSA) is 21.3 Å². The summed E-state index contributed by atoms with van der Waals surface area (Å²) in [4.78, 5) is 0. The highest BCUT2D eigenvalue weighted by Crippen LogP contribution is 2.28. The summed E-state index contributed by atoms with van der Waals surface area (Å²) in [5.41, 5.74) is 4.29. The van der Waals surface area contributed by atoms with Crippen molar-refractivity contribution in [2.75, 3.05) is 12.4 Å². The van der Waals surface area contributed by atoms with E-state index in [1.807, 2.05) is 13.8 Å². The highest BCUT2D eigenvalue weighted by molar-refractivity contribution is 5.56. The fourth-order valence-corrected chi connectivity index (χ4v) is 2.44. The van der Waals surface area contributed by atoms with E-state index in [2.05, 4.69) is 24.4 Å². The number of nitrogens with one attached hydrogen (secondary N) is 1. The van der Waals surface area contributed by atoms with E-state index in [1.54, 1.807) is 19.2 Å². The molecule has 0 saturated carbocycles. The van der Waals surface area contributed by atoms with Crippen molar-refractivity contribution in [2.24, 2.45) is 0 Å². The van der Waals surface area contributed by atoms with E-state index in [9.17, 15) is 4.39 Å². The zero-order valence-electron chi connectivity index (χ0n) is 12.3. The van der Waals surface area contributed by atoms with Crippen LogP contribution in [0.3, 0.4) is 0 Å². The maximum atomic E-state index is 12.9. The second-order valence-corrected chi connectivity index (χ2v) is 5.06. The summed E-state index contributed by atoms with van der Waals surface area (Å²) >= 11 is 0. The molecule has 3 heteroatoms. The third-order valence-electron chi connectivity index (χ3n) is 3.42. The molecule has 20 heavy (non-hydrogen) atoms. The van der Waals surface area contributed by atoms with E-state index in [-0.39, 0.29) is 11.9 Å². The largest absolute Gasteiger partial charge is 0.496 e. The second-order valence-electron chi connectivity index (χ2n) is 5.06. The van der Waals surface area contributed by atoms with Crippen LogP contribution in [0.4, 0.5) is 10.1 Å². The van der Waals surface area contributed by atoms with E-state index in [1.165, 1.54) is 12.1 Å². The minimum Gasteiger partial charge on any atom is -0.496 e. The molecule has 106 valence electrons. The van der Waals surface area contributed by atoms with Gasteiger partial charge in [0.1, 0.15) is 11.6 Å². The normalized spacial score (nSPS) is 12.1. The molecule has 0 spiro atoms. The molecular formula is C17H20FNO. The Morgan fingerprint density at radius 1 is 1.05 bits per heavy atom. The molecule has 0 heterocycles. The molecular weight excluding hydrogens is 253 g/mol. The van der Waals surface area contributed by atoms with Gasteiger partial charge >= 0.3 is 0 Å². The Hall–Kier alpha value is -2.03. The summed E-state index contributed by atoms with van der Waals surface area (Å²) in [6.07, 6.45) is 0. The van der Waals surface area contributed by atoms with Crippen molar-refractivity contribution in [1.82, 2.24) is 0 Å². The number of methoxy groups -OCH3 is 1. The fraction of sp³-hybridized carbons (Fsp3) is 0.294. The van der Waals surface area contributed by atoms with Crippen LogP contribution in [-0.4, -0.2) is 7.11 Å². The Bertz CT molecular complexity index is 569. The van der Waals surface area contributed by atoms with Gasteiger partial charge in [0.05, 0.1) is 7.11 Å². The molecule has 2 nitrogen and oxygen atoms in total. The molecule has 0 aliphatic carbocycles. The van der Waals surface area contributed by atoms with Gasteiger partial charge < -0.3 is 10.1 Å². The van der Waals surface area contributed by atoms with Crippen LogP contribution < -0.4 is 10.1 Å². The maximum Gasteiger partial charge on any atom is 0.124 e. The van der Waals surface area contributed by atoms with E-state index in [0.29, 0.717) is 0 Å². The average molecular weight is 273 g/mol. The van der Waals surface area contributed by atoms with Crippen LogP contribution in [0, 0.1) is 19.7 Å². The first-order chi connectivity index (χ1) is 9.51. The molecule has 0 amide bonds. The summed E-state index contributed by atoms with van der Waals surface area (Å²) in [5, 5.41) is 3.43. The maximum absolute atomic E-state index is 12.9. The third kappa shape index (κ3) is 3.10. The summed E-state index contributed by atoms with van der Waals surface area (Å²) in [5.74, 6) is 0.710. The van der Waals surface area contributed by atoms with E-state index in [4.69, 9.17) is 4.74 Å². The van der Waals surface area contributed by atoms with E-state index >= 15 is 0 Å². The first-order valence-corrected chi connectivity index (χ1v) is 6.68. The average Bonchev–Trinajstić information content (AvgIpc) is 2.39. The Kier molecular flexibility index (Phi) is 4.28. The monoisotopic (exact) mass is 273 g/mol. The number of hydrogen-bond acceptors (Lipinski definition) is 2. The van der Waals surface area contributed by atoms with Crippen molar-refractivity contribution >= 4 is 5.69 Å². The van der Waals surface area contributed by atoms with Crippen molar-refractivity contribution in [1.29, 1.82) is 0 Å². The zero-order chi connectivity index (χ0) is 14.7. The van der Waals surface area contributed by atoms with Crippen molar-refractivity contribution in [3.63, 3.8) is 0 Å². The second kappa shape index (κ2) is 5.95. The molecule has 1 N–H and O–H groups in total. The Morgan fingerprint density at radius 2 is 1.60 bits per heavy atom. The van der Waals surface area contributed by atoms with Crippen LogP contribution >= 0.6 is 0 Å². The molecule has 2 aromatic rings. The van der Waals surface area contributed by atoms with Gasteiger partial charge in [-0.1, -0.05) is 12.1 Å². The first kappa shape index (κ1) is 14.4. The van der Waals surface area contributed by atoms with Crippen LogP contribution in [0.25, 0.3) is 0 Å². The summed E-state index contributed by atoms with van der Waals surface area (Å²) in [6.45, 7) is 6.11. The van der Waals surface area contributed by atoms with Gasteiger partial charge in [-0.15, -0.1) is 0 Å². The summed E-state index contributed by atoms with van der Waals surface area (Å²) in [7, 11) is 1.68. The Labute approximate surface area is 119 Å². The first-order valence-electron chi connectivity index (χ1n) is 6.68. The van der Waals surface area contributed by atoms with Crippen LogP contribution in [-0.2, 0) is 0 Å². The summed E-state index contributed by atoms with van der Waals surface area (Å²) < 4.78 is 18.3. The van der Waals surface area contributed by atoms with Gasteiger partial charge in [-0.2, -0.15) is 0 Å². The van der Waals surface area contributed by atoms with Crippen molar-refractivity contribution < 1.29 is 9.13 Å². The Balaban J connectivity index is 2.19. The minimum absolute atomic E-state index is 0.114. The molecule has 0 aromatic heterocycles. The molecule has 0 bridgehead atoms. The number of hydrogen-bond donors (Lipinski definition) is 1. The number of halogens is 1. The molecule has 0 aliphatic rings. The van der Waals surface area contributed by atoms with Gasteiger partial charge in [-0.05, 0) is 61.7 Å². The van der Waals surface area contributed by atoms with Crippen LogP contribution in [0.2, 0.25) is 0 Å². The van der Waals surface area contributed by atoms with Gasteiger partial charge in [0.2, 0.25) is 0 Å². The lowest BCUT2D eigenvalue weighted by Gasteiger charge is -2.18. The minimum atomic E-state index is -0.211. The lowest BCUT2D eigenvalue weighted by Crippen LogP contribution is -2.07. The smallest absolute Gasteiger partial charge is 0.124 e. The highest BCUT2D eigenvalue weighted by Gasteiger charge is 2.09. The fourth-order valence-electron chi connectivity index (χ4n) is 2.44. The number of rotatable bonds is 4. The standard InChI is InChI=1S/C17H20FNO/c1-11-9-16(10-12(2)17(11)20-4)19-13(3)14-5-7-15(18)8-6-14/h5-10,13,19H,1-4H3/t13-/m0/s1. The quantitative estimate of drug-likeness (QED) is 0.877. The van der Waals surface area contributed by atoms with Gasteiger partial charge in [0.25, 0.3) is 0 Å². The van der Waals surface area contributed by atoms with Gasteiger partial charge in [-0.3, -0.25) is 0 Å². The van der Waals surface area contributed by atoms with Crippen molar-refractivity contribution in [3.05, 3.63) is 58.9 Å². The number of aryl methyl sites for hydroxylation is 2. The number of anilines is 1. The summed E-state index contributed by atoms with van der Waals surface area (Å²) in [6, 6.07) is 10.8. The molecule has 0 aliphatic heterocycles. The molecule has 2 aromatic carbocycles. The molecule has 2 rings (SSSR count). The predicted molar refractivity (Wildman–Crippen MR) is 80.9 cm³/mol. The number of benzene rings is 2. The molecule has 1 atom stereocenters. The lowest BCUT2D eigenvalue weighted by atomic mass is 10.1. The number of ether oxygens (including phenoxy) is 1. The van der Waals surface area contributed by atoms with E-state index in [0.717, 1.165) is 28.1 Å². The lowest BCUT2D eigenvalue weighted by molar-refractivity contribution is 0.408. The van der Waals surface area contributed by atoms with Crippen LogP contribution in [0.15, 0.2) is 36.4 Å². The van der Waals surface area contributed by atoms with Gasteiger partial charge in [0.15, 0.2) is 0 Å². The molecule has 0 saturated heterocycles. The van der Waals surface area contributed by atoms with Gasteiger partial charge in [0, 0.05) is 11.7 Å². The Morgan fingerprint density at radius 3 is 2.10 bits per heavy atom.